The van der Waals surface area contributed by atoms with Crippen LogP contribution in [0.2, 0.25) is 0 Å². The number of likely N-dealkylation sites (tertiary alicyclic amines) is 1. The van der Waals surface area contributed by atoms with Crippen molar-refractivity contribution >= 4 is 11.3 Å². The SMILES string of the molecule is OC1(c2ccc(C(F)(F)F)cc2)CCN(Cc2scc3c2OCCO3)C1. The minimum absolute atomic E-state index is 0.367. The van der Waals surface area contributed by atoms with E-state index in [0.717, 1.165) is 28.5 Å². The van der Waals surface area contributed by atoms with Crippen molar-refractivity contribution in [3.05, 3.63) is 45.6 Å². The van der Waals surface area contributed by atoms with Gasteiger partial charge < -0.3 is 14.6 Å². The first-order chi connectivity index (χ1) is 12.4. The molecule has 0 radical (unpaired) electrons. The first-order valence-electron chi connectivity index (χ1n) is 8.34. The molecule has 0 saturated carbocycles. The monoisotopic (exact) mass is 385 g/mol. The van der Waals surface area contributed by atoms with Crippen molar-refractivity contribution in [1.29, 1.82) is 0 Å². The fourth-order valence-electron chi connectivity index (χ4n) is 3.44. The van der Waals surface area contributed by atoms with E-state index in [0.29, 0.717) is 44.8 Å². The highest BCUT2D eigenvalue weighted by atomic mass is 32.1. The molecule has 1 unspecified atom stereocenters. The normalized spacial score (nSPS) is 23.4. The molecule has 3 heterocycles. The highest BCUT2D eigenvalue weighted by molar-refractivity contribution is 7.10. The molecule has 0 spiro atoms. The summed E-state index contributed by atoms with van der Waals surface area (Å²) in [5.74, 6) is 1.53. The Kier molecular flexibility index (Phi) is 4.37. The number of halogens is 3. The lowest BCUT2D eigenvalue weighted by molar-refractivity contribution is -0.137. The Morgan fingerprint density at radius 1 is 1.15 bits per heavy atom. The van der Waals surface area contributed by atoms with Crippen molar-refractivity contribution in [2.24, 2.45) is 0 Å². The molecule has 4 rings (SSSR count). The molecule has 1 aromatic heterocycles. The molecule has 140 valence electrons. The van der Waals surface area contributed by atoms with Crippen molar-refractivity contribution in [2.45, 2.75) is 24.7 Å². The van der Waals surface area contributed by atoms with E-state index in [1.165, 1.54) is 12.1 Å². The average molecular weight is 385 g/mol. The van der Waals surface area contributed by atoms with Gasteiger partial charge in [0.1, 0.15) is 18.8 Å². The molecular weight excluding hydrogens is 367 g/mol. The molecule has 1 N–H and O–H groups in total. The molecule has 1 fully saturated rings. The number of aliphatic hydroxyl groups is 1. The van der Waals surface area contributed by atoms with Crippen LogP contribution in [-0.2, 0) is 18.3 Å². The lowest BCUT2D eigenvalue weighted by Gasteiger charge is -2.24. The molecule has 0 bridgehead atoms. The standard InChI is InChI=1S/C18H18F3NO3S/c19-18(20,21)13-3-1-12(2-4-13)17(23)5-6-22(11-17)9-15-16-14(10-26-15)24-7-8-25-16/h1-4,10,23H,5-9,11H2. The second-order valence-electron chi connectivity index (χ2n) is 6.62. The summed E-state index contributed by atoms with van der Waals surface area (Å²) in [7, 11) is 0. The molecule has 2 aliphatic heterocycles. The van der Waals surface area contributed by atoms with Gasteiger partial charge in [-0.15, -0.1) is 11.3 Å². The Hall–Kier alpha value is -1.77. The molecular formula is C18H18F3NO3S. The smallest absolute Gasteiger partial charge is 0.416 e. The molecule has 1 atom stereocenters. The van der Waals surface area contributed by atoms with Gasteiger partial charge in [0.25, 0.3) is 0 Å². The number of thiophene rings is 1. The third kappa shape index (κ3) is 3.28. The van der Waals surface area contributed by atoms with Crippen LogP contribution in [0.3, 0.4) is 0 Å². The summed E-state index contributed by atoms with van der Waals surface area (Å²) in [6.45, 7) is 2.70. The molecule has 1 saturated heterocycles. The highest BCUT2D eigenvalue weighted by Gasteiger charge is 2.39. The van der Waals surface area contributed by atoms with Crippen molar-refractivity contribution in [1.82, 2.24) is 4.90 Å². The Morgan fingerprint density at radius 3 is 2.62 bits per heavy atom. The summed E-state index contributed by atoms with van der Waals surface area (Å²) in [6.07, 6.45) is -3.90. The maximum absolute atomic E-state index is 12.7. The second kappa shape index (κ2) is 6.44. The summed E-state index contributed by atoms with van der Waals surface area (Å²) >= 11 is 1.55. The molecule has 0 aliphatic carbocycles. The van der Waals surface area contributed by atoms with E-state index < -0.39 is 17.3 Å². The number of rotatable bonds is 3. The van der Waals surface area contributed by atoms with Crippen LogP contribution < -0.4 is 9.47 Å². The predicted molar refractivity (Wildman–Crippen MR) is 90.5 cm³/mol. The highest BCUT2D eigenvalue weighted by Crippen LogP contribution is 2.41. The topological polar surface area (TPSA) is 41.9 Å². The minimum atomic E-state index is -4.37. The number of hydrogen-bond acceptors (Lipinski definition) is 5. The number of alkyl halides is 3. The van der Waals surface area contributed by atoms with Gasteiger partial charge in [0, 0.05) is 25.0 Å². The van der Waals surface area contributed by atoms with E-state index in [1.807, 2.05) is 5.38 Å². The fourth-order valence-corrected chi connectivity index (χ4v) is 4.39. The van der Waals surface area contributed by atoms with Gasteiger partial charge in [-0.1, -0.05) is 12.1 Å². The molecule has 8 heteroatoms. The summed E-state index contributed by atoms with van der Waals surface area (Å²) < 4.78 is 49.4. The summed E-state index contributed by atoms with van der Waals surface area (Å²) in [6, 6.07) is 4.79. The zero-order chi connectivity index (χ0) is 18.4. The van der Waals surface area contributed by atoms with Crippen LogP contribution in [0.5, 0.6) is 11.5 Å². The summed E-state index contributed by atoms with van der Waals surface area (Å²) in [5, 5.41) is 12.8. The van der Waals surface area contributed by atoms with Crippen LogP contribution in [0.15, 0.2) is 29.6 Å². The Morgan fingerprint density at radius 2 is 1.88 bits per heavy atom. The van der Waals surface area contributed by atoms with Crippen LogP contribution in [0, 0.1) is 0 Å². The number of ether oxygens (including phenoxy) is 2. The van der Waals surface area contributed by atoms with Crippen molar-refractivity contribution in [3.8, 4) is 11.5 Å². The summed E-state index contributed by atoms with van der Waals surface area (Å²) in [5.41, 5.74) is -1.33. The molecule has 4 nitrogen and oxygen atoms in total. The van der Waals surface area contributed by atoms with Crippen molar-refractivity contribution < 1.29 is 27.8 Å². The fraction of sp³-hybridized carbons (Fsp3) is 0.444. The van der Waals surface area contributed by atoms with Gasteiger partial charge in [-0.2, -0.15) is 13.2 Å². The number of fused-ring (bicyclic) bond motifs is 1. The quantitative estimate of drug-likeness (QED) is 0.876. The van der Waals surface area contributed by atoms with Crippen LogP contribution >= 0.6 is 11.3 Å². The molecule has 2 aliphatic rings. The molecule has 0 amide bonds. The summed E-state index contributed by atoms with van der Waals surface area (Å²) in [4.78, 5) is 3.12. The van der Waals surface area contributed by atoms with Gasteiger partial charge in [0.2, 0.25) is 0 Å². The van der Waals surface area contributed by atoms with Crippen LogP contribution in [0.4, 0.5) is 13.2 Å². The third-order valence-electron chi connectivity index (χ3n) is 4.82. The van der Waals surface area contributed by atoms with Gasteiger partial charge in [0.15, 0.2) is 11.5 Å². The molecule has 26 heavy (non-hydrogen) atoms. The third-order valence-corrected chi connectivity index (χ3v) is 5.75. The van der Waals surface area contributed by atoms with Gasteiger partial charge in [-0.25, -0.2) is 0 Å². The average Bonchev–Trinajstić information content (AvgIpc) is 3.20. The van der Waals surface area contributed by atoms with E-state index in [4.69, 9.17) is 9.47 Å². The largest absolute Gasteiger partial charge is 0.485 e. The first kappa shape index (κ1) is 17.6. The Balaban J connectivity index is 1.46. The van der Waals surface area contributed by atoms with E-state index >= 15 is 0 Å². The maximum Gasteiger partial charge on any atom is 0.416 e. The zero-order valence-corrected chi connectivity index (χ0v) is 14.7. The lowest BCUT2D eigenvalue weighted by Crippen LogP contribution is -2.30. The van der Waals surface area contributed by atoms with Crippen LogP contribution in [-0.4, -0.2) is 36.3 Å². The molecule has 2 aromatic rings. The number of β-amino-alcohol motifs (C(OH)–C–C–N with tert-alkyl or cyclic N) is 1. The predicted octanol–water partition coefficient (Wildman–Crippen LogP) is 3.63. The van der Waals surface area contributed by atoms with Gasteiger partial charge >= 0.3 is 6.18 Å². The Bertz CT molecular complexity index is 790. The number of benzene rings is 1. The number of hydrogen-bond donors (Lipinski definition) is 1. The first-order valence-corrected chi connectivity index (χ1v) is 9.22. The minimum Gasteiger partial charge on any atom is -0.485 e. The lowest BCUT2D eigenvalue weighted by atomic mass is 9.92. The maximum atomic E-state index is 12.7. The Labute approximate surface area is 152 Å². The van der Waals surface area contributed by atoms with E-state index in [2.05, 4.69) is 4.90 Å². The second-order valence-corrected chi connectivity index (χ2v) is 7.58. The van der Waals surface area contributed by atoms with Gasteiger partial charge in [-0.3, -0.25) is 4.90 Å². The van der Waals surface area contributed by atoms with Gasteiger partial charge in [-0.05, 0) is 24.1 Å². The van der Waals surface area contributed by atoms with Gasteiger partial charge in [0.05, 0.1) is 10.4 Å². The van der Waals surface area contributed by atoms with E-state index in [1.54, 1.807) is 11.3 Å². The van der Waals surface area contributed by atoms with Crippen LogP contribution in [0.1, 0.15) is 22.4 Å². The molecule has 1 aromatic carbocycles. The zero-order valence-electron chi connectivity index (χ0n) is 13.9. The van der Waals surface area contributed by atoms with Crippen LogP contribution in [0.25, 0.3) is 0 Å². The van der Waals surface area contributed by atoms with Crippen molar-refractivity contribution in [3.63, 3.8) is 0 Å². The van der Waals surface area contributed by atoms with E-state index in [9.17, 15) is 18.3 Å². The number of nitrogens with zero attached hydrogens (tertiary/aromatic N) is 1. The van der Waals surface area contributed by atoms with Crippen molar-refractivity contribution in [2.75, 3.05) is 26.3 Å². The van der Waals surface area contributed by atoms with E-state index in [-0.39, 0.29) is 0 Å².